The zero-order valence-electron chi connectivity index (χ0n) is 6.61. The molecule has 0 bridgehead atoms. The summed E-state index contributed by atoms with van der Waals surface area (Å²) in [6, 6.07) is 0.553. The highest BCUT2D eigenvalue weighted by atomic mass is 35.5. The molecule has 0 atom stereocenters. The third-order valence-electron chi connectivity index (χ3n) is 1.87. The van der Waals surface area contributed by atoms with Gasteiger partial charge in [-0.3, -0.25) is 0 Å². The van der Waals surface area contributed by atoms with E-state index in [0.29, 0.717) is 12.6 Å². The summed E-state index contributed by atoms with van der Waals surface area (Å²) in [7, 11) is 0. The van der Waals surface area contributed by atoms with E-state index in [-0.39, 0.29) is 19.1 Å². The van der Waals surface area contributed by atoms with E-state index in [9.17, 15) is 4.39 Å². The van der Waals surface area contributed by atoms with Gasteiger partial charge in [-0.05, 0) is 25.9 Å². The van der Waals surface area contributed by atoms with Crippen LogP contribution in [0.15, 0.2) is 0 Å². The van der Waals surface area contributed by atoms with E-state index in [1.54, 1.807) is 0 Å². The van der Waals surface area contributed by atoms with Crippen LogP contribution >= 0.6 is 12.4 Å². The maximum atomic E-state index is 11.7. The molecule has 2 nitrogen and oxygen atoms in total. The number of halogens is 2. The highest BCUT2D eigenvalue weighted by molar-refractivity contribution is 5.85. The van der Waals surface area contributed by atoms with E-state index in [1.807, 2.05) is 0 Å². The van der Waals surface area contributed by atoms with E-state index < -0.39 is 0 Å². The number of hydrogen-bond donors (Lipinski definition) is 2. The Balaban J connectivity index is 0.000001000. The summed E-state index contributed by atoms with van der Waals surface area (Å²) < 4.78 is 11.7. The van der Waals surface area contributed by atoms with Crippen LogP contribution in [-0.2, 0) is 0 Å². The van der Waals surface area contributed by atoms with Gasteiger partial charge in [0, 0.05) is 12.6 Å². The standard InChI is InChI=1S/C7H15FN2.ClH/c8-3-6-10-7-1-4-9-5-2-7;/h7,9-10H,1-6H2;1H. The monoisotopic (exact) mass is 182 g/mol. The van der Waals surface area contributed by atoms with Crippen LogP contribution in [0.1, 0.15) is 12.8 Å². The molecule has 0 saturated carbocycles. The van der Waals surface area contributed by atoms with Crippen LogP contribution < -0.4 is 10.6 Å². The molecule has 0 radical (unpaired) electrons. The number of rotatable bonds is 3. The van der Waals surface area contributed by atoms with E-state index in [4.69, 9.17) is 0 Å². The van der Waals surface area contributed by atoms with E-state index >= 15 is 0 Å². The molecule has 1 heterocycles. The van der Waals surface area contributed by atoms with Crippen molar-refractivity contribution in [1.29, 1.82) is 0 Å². The number of hydrogen-bond acceptors (Lipinski definition) is 2. The fraction of sp³-hybridized carbons (Fsp3) is 1.00. The molecule has 2 N–H and O–H groups in total. The molecule has 0 spiro atoms. The first-order valence-corrected chi connectivity index (χ1v) is 3.93. The van der Waals surface area contributed by atoms with Crippen LogP contribution in [0.2, 0.25) is 0 Å². The molecular weight excluding hydrogens is 167 g/mol. The third-order valence-corrected chi connectivity index (χ3v) is 1.87. The molecule has 11 heavy (non-hydrogen) atoms. The Morgan fingerprint density at radius 1 is 1.36 bits per heavy atom. The van der Waals surface area contributed by atoms with Gasteiger partial charge in [0.05, 0.1) is 0 Å². The van der Waals surface area contributed by atoms with Crippen LogP contribution in [-0.4, -0.2) is 32.4 Å². The lowest BCUT2D eigenvalue weighted by atomic mass is 10.1. The predicted molar refractivity (Wildman–Crippen MR) is 47.1 cm³/mol. The molecule has 68 valence electrons. The minimum atomic E-state index is -0.246. The lowest BCUT2D eigenvalue weighted by Gasteiger charge is -2.22. The summed E-state index contributed by atoms with van der Waals surface area (Å²) in [4.78, 5) is 0. The van der Waals surface area contributed by atoms with Crippen LogP contribution in [0.25, 0.3) is 0 Å². The third kappa shape index (κ3) is 4.56. The van der Waals surface area contributed by atoms with Gasteiger partial charge in [0.15, 0.2) is 0 Å². The first-order chi connectivity index (χ1) is 4.93. The van der Waals surface area contributed by atoms with Crippen LogP contribution in [0.4, 0.5) is 4.39 Å². The quantitative estimate of drug-likeness (QED) is 0.672. The average Bonchev–Trinajstić information content (AvgIpc) is 2.03. The molecule has 0 aromatic carbocycles. The topological polar surface area (TPSA) is 24.1 Å². The van der Waals surface area contributed by atoms with Gasteiger partial charge in [0.1, 0.15) is 6.67 Å². The summed E-state index contributed by atoms with van der Waals surface area (Å²) in [6.07, 6.45) is 2.28. The maximum Gasteiger partial charge on any atom is 0.102 e. The van der Waals surface area contributed by atoms with Crippen molar-refractivity contribution in [2.24, 2.45) is 0 Å². The molecule has 1 fully saturated rings. The van der Waals surface area contributed by atoms with Gasteiger partial charge in [0.25, 0.3) is 0 Å². The van der Waals surface area contributed by atoms with E-state index in [0.717, 1.165) is 25.9 Å². The lowest BCUT2D eigenvalue weighted by Crippen LogP contribution is -2.40. The van der Waals surface area contributed by atoms with Crippen molar-refractivity contribution >= 4 is 12.4 Å². The smallest absolute Gasteiger partial charge is 0.102 e. The first-order valence-electron chi connectivity index (χ1n) is 3.93. The Hall–Kier alpha value is 0.140. The van der Waals surface area contributed by atoms with Crippen molar-refractivity contribution in [3.8, 4) is 0 Å². The average molecular weight is 183 g/mol. The molecular formula is C7H16ClFN2. The summed E-state index contributed by atoms with van der Waals surface area (Å²) in [6.45, 7) is 2.42. The molecule has 0 aromatic rings. The Labute approximate surface area is 73.3 Å². The molecule has 1 rings (SSSR count). The van der Waals surface area contributed by atoms with Crippen molar-refractivity contribution in [1.82, 2.24) is 10.6 Å². The Kier molecular flexibility index (Phi) is 6.91. The number of piperidine rings is 1. The summed E-state index contributed by atoms with van der Waals surface area (Å²) in [5.41, 5.74) is 0. The normalized spacial score (nSPS) is 19.4. The Morgan fingerprint density at radius 3 is 2.55 bits per heavy atom. The van der Waals surface area contributed by atoms with Gasteiger partial charge in [-0.1, -0.05) is 0 Å². The molecule has 0 aliphatic carbocycles. The van der Waals surface area contributed by atoms with Gasteiger partial charge in [-0.25, -0.2) is 4.39 Å². The molecule has 1 aliphatic heterocycles. The van der Waals surface area contributed by atoms with Crippen molar-refractivity contribution in [2.45, 2.75) is 18.9 Å². The summed E-state index contributed by atoms with van der Waals surface area (Å²) >= 11 is 0. The second-order valence-electron chi connectivity index (χ2n) is 2.67. The Morgan fingerprint density at radius 2 is 2.00 bits per heavy atom. The zero-order chi connectivity index (χ0) is 7.23. The second-order valence-corrected chi connectivity index (χ2v) is 2.67. The molecule has 1 aliphatic rings. The Bertz CT molecular complexity index is 86.5. The van der Waals surface area contributed by atoms with Gasteiger partial charge in [-0.2, -0.15) is 0 Å². The summed E-state index contributed by atoms with van der Waals surface area (Å²) in [5, 5.41) is 6.41. The highest BCUT2D eigenvalue weighted by Crippen LogP contribution is 2.00. The van der Waals surface area contributed by atoms with E-state index in [1.165, 1.54) is 0 Å². The van der Waals surface area contributed by atoms with E-state index in [2.05, 4.69) is 10.6 Å². The van der Waals surface area contributed by atoms with Crippen LogP contribution in [0, 0.1) is 0 Å². The number of nitrogens with one attached hydrogen (secondary N) is 2. The predicted octanol–water partition coefficient (Wildman–Crippen LogP) is 0.719. The molecule has 1 saturated heterocycles. The molecule has 4 heteroatoms. The fourth-order valence-electron chi connectivity index (χ4n) is 1.28. The van der Waals surface area contributed by atoms with Gasteiger partial charge < -0.3 is 10.6 Å². The minimum absolute atomic E-state index is 0. The van der Waals surface area contributed by atoms with Gasteiger partial charge >= 0.3 is 0 Å². The molecule has 0 unspecified atom stereocenters. The van der Waals surface area contributed by atoms with Crippen molar-refractivity contribution in [2.75, 3.05) is 26.3 Å². The first kappa shape index (κ1) is 11.1. The van der Waals surface area contributed by atoms with Gasteiger partial charge in [0.2, 0.25) is 0 Å². The number of alkyl halides is 1. The van der Waals surface area contributed by atoms with Gasteiger partial charge in [-0.15, -0.1) is 12.4 Å². The van der Waals surface area contributed by atoms with Crippen LogP contribution in [0.5, 0.6) is 0 Å². The summed E-state index contributed by atoms with van der Waals surface area (Å²) in [5.74, 6) is 0. The molecule has 0 aromatic heterocycles. The maximum absolute atomic E-state index is 11.7. The fourth-order valence-corrected chi connectivity index (χ4v) is 1.28. The zero-order valence-corrected chi connectivity index (χ0v) is 7.42. The largest absolute Gasteiger partial charge is 0.317 e. The van der Waals surface area contributed by atoms with Crippen molar-refractivity contribution in [3.05, 3.63) is 0 Å². The van der Waals surface area contributed by atoms with Crippen molar-refractivity contribution < 1.29 is 4.39 Å². The SMILES string of the molecule is Cl.FCCNC1CCNCC1. The lowest BCUT2D eigenvalue weighted by molar-refractivity contribution is 0.364. The second kappa shape index (κ2) is 6.83. The highest BCUT2D eigenvalue weighted by Gasteiger charge is 2.10. The molecule has 0 amide bonds. The van der Waals surface area contributed by atoms with Crippen molar-refractivity contribution in [3.63, 3.8) is 0 Å². The van der Waals surface area contributed by atoms with Crippen LogP contribution in [0.3, 0.4) is 0 Å². The minimum Gasteiger partial charge on any atom is -0.317 e.